The highest BCUT2D eigenvalue weighted by atomic mass is 16.5. The van der Waals surface area contributed by atoms with Crippen molar-refractivity contribution in [3.05, 3.63) is 24.3 Å². The molecule has 1 saturated heterocycles. The van der Waals surface area contributed by atoms with E-state index in [0.717, 1.165) is 12.1 Å². The summed E-state index contributed by atoms with van der Waals surface area (Å²) in [6.07, 6.45) is 1.45. The first-order valence-electron chi connectivity index (χ1n) is 7.66. The molecule has 3 N–H and O–H groups in total. The van der Waals surface area contributed by atoms with E-state index in [9.17, 15) is 9.59 Å². The second-order valence-electron chi connectivity index (χ2n) is 5.37. The number of ether oxygens (including phenoxy) is 2. The fraction of sp³-hybridized carbons (Fsp3) is 0.500. The highest BCUT2D eigenvalue weighted by Crippen LogP contribution is 2.19. The Bertz CT molecular complexity index is 550. The molecule has 1 atom stereocenters. The Morgan fingerprint density at radius 2 is 2.22 bits per heavy atom. The summed E-state index contributed by atoms with van der Waals surface area (Å²) in [7, 11) is 1.62. The predicted molar refractivity (Wildman–Crippen MR) is 86.2 cm³/mol. The van der Waals surface area contributed by atoms with E-state index in [4.69, 9.17) is 15.2 Å². The van der Waals surface area contributed by atoms with Gasteiger partial charge in [-0.25, -0.2) is 0 Å². The number of anilines is 1. The normalized spacial score (nSPS) is 17.1. The van der Waals surface area contributed by atoms with Crippen molar-refractivity contribution in [1.82, 2.24) is 4.90 Å². The van der Waals surface area contributed by atoms with Crippen molar-refractivity contribution in [2.45, 2.75) is 18.9 Å². The maximum absolute atomic E-state index is 12.2. The molecule has 0 aliphatic carbocycles. The molecule has 126 valence electrons. The number of nitrogens with two attached hydrogens (primary N) is 1. The van der Waals surface area contributed by atoms with Gasteiger partial charge in [0.1, 0.15) is 18.4 Å². The average Bonchev–Trinajstić information content (AvgIpc) is 3.03. The number of primary amides is 1. The van der Waals surface area contributed by atoms with Crippen LogP contribution in [0.5, 0.6) is 5.75 Å². The van der Waals surface area contributed by atoms with Crippen molar-refractivity contribution in [2.75, 3.05) is 38.7 Å². The molecule has 2 rings (SSSR count). The monoisotopic (exact) mass is 321 g/mol. The number of methoxy groups -OCH3 is 1. The van der Waals surface area contributed by atoms with Gasteiger partial charge >= 0.3 is 0 Å². The summed E-state index contributed by atoms with van der Waals surface area (Å²) in [6.45, 7) is 1.67. The fourth-order valence-corrected chi connectivity index (χ4v) is 2.58. The van der Waals surface area contributed by atoms with Crippen molar-refractivity contribution in [3.8, 4) is 5.75 Å². The molecule has 0 aromatic heterocycles. The molecule has 1 fully saturated rings. The van der Waals surface area contributed by atoms with Crippen molar-refractivity contribution < 1.29 is 19.1 Å². The molecule has 0 bridgehead atoms. The van der Waals surface area contributed by atoms with E-state index in [1.807, 2.05) is 24.3 Å². The molecule has 1 unspecified atom stereocenters. The molecule has 23 heavy (non-hydrogen) atoms. The highest BCUT2D eigenvalue weighted by molar-refractivity contribution is 5.89. The van der Waals surface area contributed by atoms with Crippen LogP contribution in [0.4, 0.5) is 5.69 Å². The lowest BCUT2D eigenvalue weighted by molar-refractivity contribution is -0.135. The van der Waals surface area contributed by atoms with Gasteiger partial charge in [0.25, 0.3) is 0 Å². The number of benzene rings is 1. The lowest BCUT2D eigenvalue weighted by atomic mass is 10.2. The molecule has 1 heterocycles. The fourth-order valence-electron chi connectivity index (χ4n) is 2.58. The molecular formula is C16H23N3O4. The van der Waals surface area contributed by atoms with Crippen LogP contribution in [0.15, 0.2) is 24.3 Å². The van der Waals surface area contributed by atoms with Crippen LogP contribution in [0.1, 0.15) is 12.8 Å². The molecule has 1 aromatic carbocycles. The maximum Gasteiger partial charge on any atom is 0.242 e. The van der Waals surface area contributed by atoms with Gasteiger partial charge in [-0.2, -0.15) is 0 Å². The van der Waals surface area contributed by atoms with Gasteiger partial charge in [0, 0.05) is 25.4 Å². The lowest BCUT2D eigenvalue weighted by Gasteiger charge is -2.22. The van der Waals surface area contributed by atoms with E-state index >= 15 is 0 Å². The topological polar surface area (TPSA) is 93.9 Å². The zero-order valence-corrected chi connectivity index (χ0v) is 13.3. The van der Waals surface area contributed by atoms with Crippen LogP contribution in [0.2, 0.25) is 0 Å². The van der Waals surface area contributed by atoms with Crippen LogP contribution >= 0.6 is 0 Å². The molecule has 1 aliphatic rings. The summed E-state index contributed by atoms with van der Waals surface area (Å²) >= 11 is 0. The SMILES string of the molecule is COCCOc1cccc(NCC(=O)N2CCCC2C(N)=O)c1. The first kappa shape index (κ1) is 17.1. The number of carbonyl (C=O) groups is 2. The Labute approximate surface area is 135 Å². The highest BCUT2D eigenvalue weighted by Gasteiger charge is 2.32. The predicted octanol–water partition coefficient (Wildman–Crippen LogP) is 0.600. The summed E-state index contributed by atoms with van der Waals surface area (Å²) in [4.78, 5) is 25.1. The summed E-state index contributed by atoms with van der Waals surface area (Å²) in [5.41, 5.74) is 6.11. The van der Waals surface area contributed by atoms with Crippen molar-refractivity contribution in [1.29, 1.82) is 0 Å². The van der Waals surface area contributed by atoms with Gasteiger partial charge < -0.3 is 25.4 Å². The number of carbonyl (C=O) groups excluding carboxylic acids is 2. The Hall–Kier alpha value is -2.28. The van der Waals surface area contributed by atoms with Gasteiger partial charge in [0.15, 0.2) is 0 Å². The van der Waals surface area contributed by atoms with Crippen molar-refractivity contribution >= 4 is 17.5 Å². The number of nitrogens with zero attached hydrogens (tertiary/aromatic N) is 1. The smallest absolute Gasteiger partial charge is 0.242 e. The standard InChI is InChI=1S/C16H23N3O4/c1-22-8-9-23-13-5-2-4-12(10-13)18-11-15(20)19-7-3-6-14(19)16(17)21/h2,4-5,10,14,18H,3,6-9,11H2,1H3,(H2,17,21). The van der Waals surface area contributed by atoms with Gasteiger partial charge in [0.2, 0.25) is 11.8 Å². The van der Waals surface area contributed by atoms with E-state index in [1.54, 1.807) is 12.0 Å². The summed E-state index contributed by atoms with van der Waals surface area (Å²) < 4.78 is 10.5. The van der Waals surface area contributed by atoms with Crippen LogP contribution < -0.4 is 15.8 Å². The van der Waals surface area contributed by atoms with Crippen LogP contribution in [0.25, 0.3) is 0 Å². The maximum atomic E-state index is 12.2. The van der Waals surface area contributed by atoms with Crippen molar-refractivity contribution in [3.63, 3.8) is 0 Å². The third-order valence-corrected chi connectivity index (χ3v) is 3.74. The molecule has 0 spiro atoms. The van der Waals surface area contributed by atoms with E-state index < -0.39 is 11.9 Å². The van der Waals surface area contributed by atoms with E-state index in [2.05, 4.69) is 5.32 Å². The van der Waals surface area contributed by atoms with Crippen LogP contribution in [-0.4, -0.2) is 56.2 Å². The van der Waals surface area contributed by atoms with E-state index in [1.165, 1.54) is 0 Å². The number of amides is 2. The lowest BCUT2D eigenvalue weighted by Crippen LogP contribution is -2.45. The molecule has 7 nitrogen and oxygen atoms in total. The molecule has 1 aromatic rings. The number of hydrogen-bond donors (Lipinski definition) is 2. The largest absolute Gasteiger partial charge is 0.491 e. The van der Waals surface area contributed by atoms with Crippen LogP contribution in [-0.2, 0) is 14.3 Å². The van der Waals surface area contributed by atoms with Gasteiger partial charge in [-0.3, -0.25) is 9.59 Å². The Morgan fingerprint density at radius 3 is 2.96 bits per heavy atom. The number of nitrogens with one attached hydrogen (secondary N) is 1. The van der Waals surface area contributed by atoms with Gasteiger partial charge in [-0.15, -0.1) is 0 Å². The number of likely N-dealkylation sites (tertiary alicyclic amines) is 1. The van der Waals surface area contributed by atoms with Crippen LogP contribution in [0, 0.1) is 0 Å². The Kier molecular flexibility index (Phi) is 6.22. The quantitative estimate of drug-likeness (QED) is 0.684. The first-order valence-corrected chi connectivity index (χ1v) is 7.66. The first-order chi connectivity index (χ1) is 11.1. The number of hydrogen-bond acceptors (Lipinski definition) is 5. The zero-order chi connectivity index (χ0) is 16.7. The average molecular weight is 321 g/mol. The minimum absolute atomic E-state index is 0.116. The zero-order valence-electron chi connectivity index (χ0n) is 13.3. The molecule has 7 heteroatoms. The Morgan fingerprint density at radius 1 is 1.39 bits per heavy atom. The van der Waals surface area contributed by atoms with Gasteiger partial charge in [0.05, 0.1) is 13.2 Å². The van der Waals surface area contributed by atoms with E-state index in [-0.39, 0.29) is 12.5 Å². The number of rotatable bonds is 8. The van der Waals surface area contributed by atoms with E-state index in [0.29, 0.717) is 31.9 Å². The molecule has 1 aliphatic heterocycles. The summed E-state index contributed by atoms with van der Waals surface area (Å²) in [5.74, 6) is 0.136. The third kappa shape index (κ3) is 4.85. The molecule has 0 radical (unpaired) electrons. The van der Waals surface area contributed by atoms with Crippen LogP contribution in [0.3, 0.4) is 0 Å². The van der Waals surface area contributed by atoms with Crippen molar-refractivity contribution in [2.24, 2.45) is 5.73 Å². The Balaban J connectivity index is 1.86. The minimum atomic E-state index is -0.479. The summed E-state index contributed by atoms with van der Waals surface area (Å²) in [5, 5.41) is 3.06. The second kappa shape index (κ2) is 8.38. The second-order valence-corrected chi connectivity index (χ2v) is 5.37. The third-order valence-electron chi connectivity index (χ3n) is 3.74. The minimum Gasteiger partial charge on any atom is -0.491 e. The van der Waals surface area contributed by atoms with Gasteiger partial charge in [-0.1, -0.05) is 6.07 Å². The van der Waals surface area contributed by atoms with Gasteiger partial charge in [-0.05, 0) is 25.0 Å². The molecular weight excluding hydrogens is 298 g/mol. The molecule has 2 amide bonds. The summed E-state index contributed by atoms with van der Waals surface area (Å²) in [6, 6.07) is 6.88. The molecule has 0 saturated carbocycles.